The predicted molar refractivity (Wildman–Crippen MR) is 53.2 cm³/mol. The van der Waals surface area contributed by atoms with Crippen molar-refractivity contribution in [3.8, 4) is 0 Å². The monoisotopic (exact) mass is 178 g/mol. The molecule has 3 heteroatoms. The maximum atomic E-state index is 8.43. The molecule has 0 saturated heterocycles. The molecule has 3 nitrogen and oxygen atoms in total. The van der Waals surface area contributed by atoms with E-state index in [0.29, 0.717) is 0 Å². The summed E-state index contributed by atoms with van der Waals surface area (Å²) < 4.78 is 0. The van der Waals surface area contributed by atoms with Crippen molar-refractivity contribution < 1.29 is 5.21 Å². The molecule has 0 fully saturated rings. The fraction of sp³-hybridized carbons (Fsp3) is 0.300. The van der Waals surface area contributed by atoms with E-state index < -0.39 is 0 Å². The highest BCUT2D eigenvalue weighted by molar-refractivity contribution is 5.81. The van der Waals surface area contributed by atoms with E-state index in [1.54, 1.807) is 0 Å². The van der Waals surface area contributed by atoms with Gasteiger partial charge >= 0.3 is 0 Å². The fourth-order valence-corrected chi connectivity index (χ4v) is 1.21. The molecule has 0 aliphatic heterocycles. The van der Waals surface area contributed by atoms with E-state index in [9.17, 15) is 0 Å². The van der Waals surface area contributed by atoms with E-state index in [2.05, 4.69) is 10.1 Å². The van der Waals surface area contributed by atoms with Crippen LogP contribution in [-0.4, -0.2) is 30.4 Å². The second-order valence-corrected chi connectivity index (χ2v) is 3.18. The smallest absolute Gasteiger partial charge is 0.0737 e. The first-order chi connectivity index (χ1) is 6.24. The van der Waals surface area contributed by atoms with Gasteiger partial charge in [0.2, 0.25) is 0 Å². The zero-order valence-corrected chi connectivity index (χ0v) is 7.94. The lowest BCUT2D eigenvalue weighted by Crippen LogP contribution is -2.12. The fourth-order valence-electron chi connectivity index (χ4n) is 1.21. The Morgan fingerprint density at radius 2 is 2.08 bits per heavy atom. The number of nitrogens with zero attached hydrogens (tertiary/aromatic N) is 2. The van der Waals surface area contributed by atoms with E-state index in [1.165, 1.54) is 6.21 Å². The second kappa shape index (κ2) is 4.62. The molecule has 0 amide bonds. The molecule has 0 saturated carbocycles. The van der Waals surface area contributed by atoms with Gasteiger partial charge in [0.1, 0.15) is 0 Å². The molecule has 0 atom stereocenters. The number of rotatable bonds is 3. The third-order valence-corrected chi connectivity index (χ3v) is 1.74. The van der Waals surface area contributed by atoms with Crippen LogP contribution in [0.5, 0.6) is 0 Å². The van der Waals surface area contributed by atoms with Crippen molar-refractivity contribution >= 4 is 6.21 Å². The van der Waals surface area contributed by atoms with Gasteiger partial charge in [-0.15, -0.1) is 0 Å². The summed E-state index contributed by atoms with van der Waals surface area (Å²) >= 11 is 0. The Morgan fingerprint density at radius 3 is 2.69 bits per heavy atom. The predicted octanol–water partition coefficient (Wildman–Crippen LogP) is 1.56. The molecule has 70 valence electrons. The van der Waals surface area contributed by atoms with Crippen LogP contribution in [-0.2, 0) is 6.54 Å². The zero-order valence-electron chi connectivity index (χ0n) is 7.94. The van der Waals surface area contributed by atoms with Crippen molar-refractivity contribution in [3.05, 3.63) is 35.4 Å². The van der Waals surface area contributed by atoms with Gasteiger partial charge in [-0.05, 0) is 19.7 Å². The highest BCUT2D eigenvalue weighted by Crippen LogP contribution is 2.07. The van der Waals surface area contributed by atoms with Crippen LogP contribution in [0, 0.1) is 0 Å². The Morgan fingerprint density at radius 1 is 1.38 bits per heavy atom. The van der Waals surface area contributed by atoms with Gasteiger partial charge in [-0.1, -0.05) is 29.4 Å². The minimum Gasteiger partial charge on any atom is -0.411 e. The molecule has 0 radical (unpaired) electrons. The van der Waals surface area contributed by atoms with E-state index in [1.807, 2.05) is 38.4 Å². The van der Waals surface area contributed by atoms with Gasteiger partial charge in [0.05, 0.1) is 6.21 Å². The third-order valence-electron chi connectivity index (χ3n) is 1.74. The number of oxime groups is 1. The van der Waals surface area contributed by atoms with Crippen LogP contribution in [0.2, 0.25) is 0 Å². The van der Waals surface area contributed by atoms with Crippen LogP contribution in [0.25, 0.3) is 0 Å². The molecule has 1 aromatic carbocycles. The highest BCUT2D eigenvalue weighted by atomic mass is 16.4. The standard InChI is InChI=1S/C10H14N2O/c1-12(2)8-10-6-4-3-5-9(10)7-11-13/h3-7,13H,8H2,1-2H3/b11-7-. The summed E-state index contributed by atoms with van der Waals surface area (Å²) in [5.41, 5.74) is 2.11. The molecular formula is C10H14N2O. The van der Waals surface area contributed by atoms with Crippen LogP contribution in [0.15, 0.2) is 29.4 Å². The van der Waals surface area contributed by atoms with E-state index in [-0.39, 0.29) is 0 Å². The summed E-state index contributed by atoms with van der Waals surface area (Å²) in [6, 6.07) is 7.86. The molecule has 0 bridgehead atoms. The number of hydrogen-bond acceptors (Lipinski definition) is 3. The summed E-state index contributed by atoms with van der Waals surface area (Å²) in [5.74, 6) is 0. The highest BCUT2D eigenvalue weighted by Gasteiger charge is 1.99. The van der Waals surface area contributed by atoms with Gasteiger partial charge < -0.3 is 10.1 Å². The van der Waals surface area contributed by atoms with Crippen molar-refractivity contribution in [2.45, 2.75) is 6.54 Å². The van der Waals surface area contributed by atoms with Crippen molar-refractivity contribution in [1.29, 1.82) is 0 Å². The van der Waals surface area contributed by atoms with Crippen molar-refractivity contribution in [2.24, 2.45) is 5.16 Å². The molecule has 0 spiro atoms. The van der Waals surface area contributed by atoms with Crippen LogP contribution >= 0.6 is 0 Å². The Bertz CT molecular complexity index is 295. The summed E-state index contributed by atoms with van der Waals surface area (Å²) in [5, 5.41) is 11.5. The molecule has 0 aliphatic rings. The Balaban J connectivity index is 2.90. The number of hydrogen-bond donors (Lipinski definition) is 1. The Hall–Kier alpha value is -1.35. The largest absolute Gasteiger partial charge is 0.411 e. The molecule has 1 aromatic rings. The average Bonchev–Trinajstić information content (AvgIpc) is 2.08. The maximum Gasteiger partial charge on any atom is 0.0737 e. The van der Waals surface area contributed by atoms with Crippen LogP contribution in [0.3, 0.4) is 0 Å². The first-order valence-electron chi connectivity index (χ1n) is 4.14. The van der Waals surface area contributed by atoms with E-state index >= 15 is 0 Å². The summed E-state index contributed by atoms with van der Waals surface area (Å²) in [7, 11) is 4.01. The van der Waals surface area contributed by atoms with Crippen LogP contribution in [0.1, 0.15) is 11.1 Å². The molecule has 0 aliphatic carbocycles. The zero-order chi connectivity index (χ0) is 9.68. The van der Waals surface area contributed by atoms with Gasteiger partial charge in [-0.25, -0.2) is 0 Å². The molecule has 0 unspecified atom stereocenters. The molecule has 13 heavy (non-hydrogen) atoms. The lowest BCUT2D eigenvalue weighted by molar-refractivity contribution is 0.321. The first kappa shape index (κ1) is 9.74. The normalized spacial score (nSPS) is 11.3. The van der Waals surface area contributed by atoms with Gasteiger partial charge in [-0.2, -0.15) is 0 Å². The van der Waals surface area contributed by atoms with Gasteiger partial charge in [-0.3, -0.25) is 0 Å². The summed E-state index contributed by atoms with van der Waals surface area (Å²) in [6.07, 6.45) is 1.46. The van der Waals surface area contributed by atoms with E-state index in [4.69, 9.17) is 5.21 Å². The minimum absolute atomic E-state index is 0.849. The first-order valence-corrected chi connectivity index (χ1v) is 4.14. The van der Waals surface area contributed by atoms with Crippen molar-refractivity contribution in [3.63, 3.8) is 0 Å². The van der Waals surface area contributed by atoms with Gasteiger partial charge in [0.25, 0.3) is 0 Å². The lowest BCUT2D eigenvalue weighted by Gasteiger charge is -2.11. The van der Waals surface area contributed by atoms with Gasteiger partial charge in [0, 0.05) is 12.1 Å². The molecule has 1 rings (SSSR count). The average molecular weight is 178 g/mol. The SMILES string of the molecule is CN(C)Cc1ccccc1/C=N\O. The van der Waals surface area contributed by atoms with Gasteiger partial charge in [0.15, 0.2) is 0 Å². The topological polar surface area (TPSA) is 35.8 Å². The molecule has 1 N–H and O–H groups in total. The summed E-state index contributed by atoms with van der Waals surface area (Å²) in [4.78, 5) is 2.07. The van der Waals surface area contributed by atoms with E-state index in [0.717, 1.165) is 17.7 Å². The molecule has 0 aromatic heterocycles. The Labute approximate surface area is 78.3 Å². The quantitative estimate of drug-likeness (QED) is 0.433. The number of benzene rings is 1. The molecule has 0 heterocycles. The van der Waals surface area contributed by atoms with Crippen molar-refractivity contribution in [2.75, 3.05) is 14.1 Å². The third kappa shape index (κ3) is 2.87. The van der Waals surface area contributed by atoms with Crippen LogP contribution < -0.4 is 0 Å². The van der Waals surface area contributed by atoms with Crippen molar-refractivity contribution in [1.82, 2.24) is 4.90 Å². The minimum atomic E-state index is 0.849. The lowest BCUT2D eigenvalue weighted by atomic mass is 10.1. The molecular weight excluding hydrogens is 164 g/mol. The Kier molecular flexibility index (Phi) is 3.46. The maximum absolute atomic E-state index is 8.43. The summed E-state index contributed by atoms with van der Waals surface area (Å²) in [6.45, 7) is 0.849. The van der Waals surface area contributed by atoms with Crippen LogP contribution in [0.4, 0.5) is 0 Å². The second-order valence-electron chi connectivity index (χ2n) is 3.18.